The van der Waals surface area contributed by atoms with Gasteiger partial charge in [-0.05, 0) is 49.2 Å². The SMILES string of the molecule is CCNC(=NCCOc1cccnc1)N(C)Cc1cc(OC)c(OC)cc1C.I. The van der Waals surface area contributed by atoms with E-state index in [9.17, 15) is 0 Å². The van der Waals surface area contributed by atoms with Crippen LogP contribution in [0.15, 0.2) is 41.7 Å². The molecular formula is C21H31IN4O3. The Kier molecular flexibility index (Phi) is 11.2. The van der Waals surface area contributed by atoms with Gasteiger partial charge >= 0.3 is 0 Å². The average Bonchev–Trinajstić information content (AvgIpc) is 2.72. The van der Waals surface area contributed by atoms with Gasteiger partial charge in [-0.3, -0.25) is 4.98 Å². The number of halogens is 1. The molecule has 0 atom stereocenters. The number of hydrogen-bond acceptors (Lipinski definition) is 5. The summed E-state index contributed by atoms with van der Waals surface area (Å²) in [5.41, 5.74) is 2.29. The minimum atomic E-state index is 0. The summed E-state index contributed by atoms with van der Waals surface area (Å²) in [4.78, 5) is 10.8. The molecule has 0 spiro atoms. The molecule has 0 amide bonds. The van der Waals surface area contributed by atoms with Crippen LogP contribution in [0.1, 0.15) is 18.1 Å². The standard InChI is InChI=1S/C21H30N4O3.HI/c1-6-23-21(24-10-11-28-18-8-7-9-22-14-18)25(3)15-17-13-20(27-5)19(26-4)12-16(17)2;/h7-9,12-14H,6,10-11,15H2,1-5H3,(H,23,24);1H. The Morgan fingerprint density at radius 1 is 1.21 bits per heavy atom. The fourth-order valence-electron chi connectivity index (χ4n) is 2.74. The monoisotopic (exact) mass is 514 g/mol. The predicted molar refractivity (Wildman–Crippen MR) is 127 cm³/mol. The second-order valence-electron chi connectivity index (χ2n) is 6.26. The lowest BCUT2D eigenvalue weighted by molar-refractivity contribution is 0.326. The molecule has 0 aliphatic heterocycles. The van der Waals surface area contributed by atoms with E-state index in [0.29, 0.717) is 19.7 Å². The van der Waals surface area contributed by atoms with Crippen LogP contribution < -0.4 is 19.5 Å². The maximum absolute atomic E-state index is 5.66. The molecule has 1 N–H and O–H groups in total. The van der Waals surface area contributed by atoms with Crippen LogP contribution in [0.2, 0.25) is 0 Å². The Balaban J connectivity index is 0.00000420. The van der Waals surface area contributed by atoms with Crippen LogP contribution in [-0.2, 0) is 6.54 Å². The lowest BCUT2D eigenvalue weighted by Crippen LogP contribution is -2.39. The molecule has 0 aliphatic carbocycles. The minimum absolute atomic E-state index is 0. The molecule has 0 fully saturated rings. The van der Waals surface area contributed by atoms with Crippen molar-refractivity contribution in [2.24, 2.45) is 4.99 Å². The zero-order valence-electron chi connectivity index (χ0n) is 17.8. The van der Waals surface area contributed by atoms with Crippen LogP contribution in [0.5, 0.6) is 17.2 Å². The predicted octanol–water partition coefficient (Wildman–Crippen LogP) is 3.50. The number of pyridine rings is 1. The number of aliphatic imine (C=N–C) groups is 1. The zero-order valence-corrected chi connectivity index (χ0v) is 20.1. The van der Waals surface area contributed by atoms with Gasteiger partial charge in [-0.15, -0.1) is 24.0 Å². The van der Waals surface area contributed by atoms with E-state index in [1.54, 1.807) is 26.6 Å². The Bertz CT molecular complexity index is 772. The molecule has 7 nitrogen and oxygen atoms in total. The molecule has 0 saturated carbocycles. The first-order valence-electron chi connectivity index (χ1n) is 9.32. The number of rotatable bonds is 9. The molecule has 2 aromatic rings. The average molecular weight is 514 g/mol. The number of aromatic nitrogens is 1. The fourth-order valence-corrected chi connectivity index (χ4v) is 2.74. The maximum Gasteiger partial charge on any atom is 0.194 e. The molecule has 0 bridgehead atoms. The zero-order chi connectivity index (χ0) is 20.4. The second-order valence-corrected chi connectivity index (χ2v) is 6.26. The van der Waals surface area contributed by atoms with Gasteiger partial charge in [-0.25, -0.2) is 4.99 Å². The van der Waals surface area contributed by atoms with Crippen LogP contribution >= 0.6 is 24.0 Å². The molecule has 1 aromatic heterocycles. The van der Waals surface area contributed by atoms with Gasteiger partial charge in [0.25, 0.3) is 0 Å². The first-order chi connectivity index (χ1) is 13.6. The van der Waals surface area contributed by atoms with Crippen LogP contribution in [0.25, 0.3) is 0 Å². The van der Waals surface area contributed by atoms with E-state index in [2.05, 4.69) is 34.0 Å². The first-order valence-corrected chi connectivity index (χ1v) is 9.32. The number of nitrogens with one attached hydrogen (secondary N) is 1. The normalized spacial score (nSPS) is 10.7. The molecule has 0 unspecified atom stereocenters. The molecular weight excluding hydrogens is 483 g/mol. The summed E-state index contributed by atoms with van der Waals surface area (Å²) in [5, 5.41) is 3.32. The third-order valence-electron chi connectivity index (χ3n) is 4.20. The van der Waals surface area contributed by atoms with Crippen LogP contribution in [-0.4, -0.2) is 56.8 Å². The van der Waals surface area contributed by atoms with E-state index in [4.69, 9.17) is 14.2 Å². The molecule has 29 heavy (non-hydrogen) atoms. The number of benzene rings is 1. The molecule has 1 heterocycles. The Labute approximate surface area is 190 Å². The molecule has 0 radical (unpaired) electrons. The number of nitrogens with zero attached hydrogens (tertiary/aromatic N) is 3. The van der Waals surface area contributed by atoms with E-state index in [-0.39, 0.29) is 24.0 Å². The highest BCUT2D eigenvalue weighted by molar-refractivity contribution is 14.0. The summed E-state index contributed by atoms with van der Waals surface area (Å²) in [7, 11) is 5.31. The summed E-state index contributed by atoms with van der Waals surface area (Å²) in [6, 6.07) is 7.74. The maximum atomic E-state index is 5.66. The Hall–Kier alpha value is -2.23. The minimum Gasteiger partial charge on any atom is -0.493 e. The van der Waals surface area contributed by atoms with Gasteiger partial charge < -0.3 is 24.4 Å². The van der Waals surface area contributed by atoms with Gasteiger partial charge in [0, 0.05) is 26.3 Å². The lowest BCUT2D eigenvalue weighted by atomic mass is 10.1. The van der Waals surface area contributed by atoms with E-state index in [0.717, 1.165) is 40.9 Å². The summed E-state index contributed by atoms with van der Waals surface area (Å²) in [6.07, 6.45) is 3.42. The van der Waals surface area contributed by atoms with Gasteiger partial charge in [0.05, 0.1) is 27.0 Å². The molecule has 1 aromatic carbocycles. The summed E-state index contributed by atoms with van der Waals surface area (Å²) in [5.74, 6) is 3.03. The number of methoxy groups -OCH3 is 2. The summed E-state index contributed by atoms with van der Waals surface area (Å²) < 4.78 is 16.5. The van der Waals surface area contributed by atoms with E-state index in [1.165, 1.54) is 0 Å². The number of aryl methyl sites for hydroxylation is 1. The summed E-state index contributed by atoms with van der Waals surface area (Å²) in [6.45, 7) is 6.64. The van der Waals surface area contributed by atoms with Gasteiger partial charge in [-0.1, -0.05) is 0 Å². The Morgan fingerprint density at radius 3 is 2.55 bits per heavy atom. The molecule has 2 rings (SSSR count). The van der Waals surface area contributed by atoms with Crippen molar-refractivity contribution in [3.63, 3.8) is 0 Å². The molecule has 8 heteroatoms. The molecule has 160 valence electrons. The van der Waals surface area contributed by atoms with Crippen molar-refractivity contribution < 1.29 is 14.2 Å². The number of guanidine groups is 1. The quantitative estimate of drug-likeness (QED) is 0.239. The smallest absolute Gasteiger partial charge is 0.194 e. The van der Waals surface area contributed by atoms with Crippen molar-refractivity contribution in [2.75, 3.05) is 41.0 Å². The highest BCUT2D eigenvalue weighted by Gasteiger charge is 2.12. The van der Waals surface area contributed by atoms with E-state index in [1.807, 2.05) is 31.3 Å². The fraction of sp³-hybridized carbons (Fsp3) is 0.429. The highest BCUT2D eigenvalue weighted by Crippen LogP contribution is 2.30. The van der Waals surface area contributed by atoms with Gasteiger partial charge in [0.2, 0.25) is 0 Å². The van der Waals surface area contributed by atoms with Crippen molar-refractivity contribution in [2.45, 2.75) is 20.4 Å². The van der Waals surface area contributed by atoms with Gasteiger partial charge in [-0.2, -0.15) is 0 Å². The topological polar surface area (TPSA) is 68.2 Å². The van der Waals surface area contributed by atoms with Gasteiger partial charge in [0.15, 0.2) is 17.5 Å². The molecule has 0 aliphatic rings. The van der Waals surface area contributed by atoms with Crippen molar-refractivity contribution in [1.29, 1.82) is 0 Å². The Morgan fingerprint density at radius 2 is 1.93 bits per heavy atom. The van der Waals surface area contributed by atoms with E-state index < -0.39 is 0 Å². The third-order valence-corrected chi connectivity index (χ3v) is 4.20. The van der Waals surface area contributed by atoms with Crippen molar-refractivity contribution >= 4 is 29.9 Å². The molecule has 0 saturated heterocycles. The highest BCUT2D eigenvalue weighted by atomic mass is 127. The van der Waals surface area contributed by atoms with Crippen molar-refractivity contribution in [1.82, 2.24) is 15.2 Å². The number of ether oxygens (including phenoxy) is 3. The number of hydrogen-bond donors (Lipinski definition) is 1. The van der Waals surface area contributed by atoms with Gasteiger partial charge in [0.1, 0.15) is 12.4 Å². The summed E-state index contributed by atoms with van der Waals surface area (Å²) >= 11 is 0. The van der Waals surface area contributed by atoms with Crippen molar-refractivity contribution in [3.05, 3.63) is 47.8 Å². The van der Waals surface area contributed by atoms with Crippen molar-refractivity contribution in [3.8, 4) is 17.2 Å². The third kappa shape index (κ3) is 7.60. The van der Waals surface area contributed by atoms with Crippen LogP contribution in [0, 0.1) is 6.92 Å². The second kappa shape index (κ2) is 13.1. The van der Waals surface area contributed by atoms with Crippen LogP contribution in [0.3, 0.4) is 0 Å². The van der Waals surface area contributed by atoms with Crippen LogP contribution in [0.4, 0.5) is 0 Å². The first kappa shape index (κ1) is 24.8. The van der Waals surface area contributed by atoms with E-state index >= 15 is 0 Å². The lowest BCUT2D eigenvalue weighted by Gasteiger charge is -2.23. The largest absolute Gasteiger partial charge is 0.493 e.